The fourth-order valence-electron chi connectivity index (χ4n) is 1.99. The zero-order valence-corrected chi connectivity index (χ0v) is 10.1. The summed E-state index contributed by atoms with van der Waals surface area (Å²) in [4.78, 5) is 16.2. The molecule has 0 atom stereocenters. The Kier molecular flexibility index (Phi) is 3.57. The van der Waals surface area contributed by atoms with Crippen molar-refractivity contribution in [3.05, 3.63) is 47.5 Å². The van der Waals surface area contributed by atoms with Gasteiger partial charge in [-0.15, -0.1) is 0 Å². The van der Waals surface area contributed by atoms with Crippen LogP contribution < -0.4 is 5.73 Å². The van der Waals surface area contributed by atoms with Crippen molar-refractivity contribution in [1.29, 1.82) is 0 Å². The van der Waals surface area contributed by atoms with Crippen LogP contribution in [-0.4, -0.2) is 19.2 Å². The smallest absolute Gasteiger partial charge is 0.249 e. The number of primary amides is 1. The predicted molar refractivity (Wildman–Crippen MR) is 71.7 cm³/mol. The lowest BCUT2D eigenvalue weighted by Crippen LogP contribution is -2.14. The van der Waals surface area contributed by atoms with E-state index in [4.69, 9.17) is 5.73 Å². The van der Waals surface area contributed by atoms with Crippen molar-refractivity contribution in [2.24, 2.45) is 10.9 Å². The lowest BCUT2D eigenvalue weighted by Gasteiger charge is -2.08. The van der Waals surface area contributed by atoms with E-state index >= 15 is 0 Å². The molecule has 2 aromatic rings. The molecule has 2 N–H and O–H groups in total. The molecule has 0 fully saturated rings. The van der Waals surface area contributed by atoms with Crippen LogP contribution in [0.2, 0.25) is 0 Å². The molecular formula is C14H14N2O2. The van der Waals surface area contributed by atoms with Crippen molar-refractivity contribution >= 4 is 22.9 Å². The number of oxime groups is 1. The SMILES string of the molecule is CON=CCc1ccc2ccccc2c1C(N)=O. The van der Waals surface area contributed by atoms with Crippen LogP contribution in [0.15, 0.2) is 41.6 Å². The minimum Gasteiger partial charge on any atom is -0.399 e. The summed E-state index contributed by atoms with van der Waals surface area (Å²) >= 11 is 0. The standard InChI is InChI=1S/C14H14N2O2/c1-18-16-9-8-11-7-6-10-4-2-3-5-12(10)13(11)14(15)17/h2-7,9H,8H2,1H3,(H2,15,17). The number of nitrogens with two attached hydrogens (primary N) is 1. The molecule has 92 valence electrons. The molecular weight excluding hydrogens is 228 g/mol. The number of hydrogen-bond donors (Lipinski definition) is 1. The molecule has 4 nitrogen and oxygen atoms in total. The van der Waals surface area contributed by atoms with Crippen LogP contribution in [0.3, 0.4) is 0 Å². The highest BCUT2D eigenvalue weighted by atomic mass is 16.6. The number of hydrogen-bond acceptors (Lipinski definition) is 3. The Bertz CT molecular complexity index is 606. The molecule has 0 unspecified atom stereocenters. The van der Waals surface area contributed by atoms with Gasteiger partial charge in [0.1, 0.15) is 7.11 Å². The van der Waals surface area contributed by atoms with Crippen LogP contribution in [0.4, 0.5) is 0 Å². The van der Waals surface area contributed by atoms with Crippen LogP contribution >= 0.6 is 0 Å². The summed E-state index contributed by atoms with van der Waals surface area (Å²) in [6, 6.07) is 11.5. The van der Waals surface area contributed by atoms with E-state index in [1.807, 2.05) is 36.4 Å². The van der Waals surface area contributed by atoms with E-state index in [2.05, 4.69) is 9.99 Å². The monoisotopic (exact) mass is 242 g/mol. The molecule has 4 heteroatoms. The first kappa shape index (κ1) is 12.1. The molecule has 2 rings (SSSR count). The van der Waals surface area contributed by atoms with Gasteiger partial charge in [0.2, 0.25) is 5.91 Å². The minimum atomic E-state index is -0.424. The van der Waals surface area contributed by atoms with Crippen LogP contribution in [0, 0.1) is 0 Å². The van der Waals surface area contributed by atoms with E-state index in [1.165, 1.54) is 7.11 Å². The molecule has 0 saturated carbocycles. The largest absolute Gasteiger partial charge is 0.399 e. The molecule has 0 aromatic heterocycles. The summed E-state index contributed by atoms with van der Waals surface area (Å²) in [5, 5.41) is 5.54. The van der Waals surface area contributed by atoms with Crippen molar-refractivity contribution in [2.75, 3.05) is 7.11 Å². The fourth-order valence-corrected chi connectivity index (χ4v) is 1.99. The lowest BCUT2D eigenvalue weighted by atomic mass is 9.97. The van der Waals surface area contributed by atoms with Crippen LogP contribution in [0.5, 0.6) is 0 Å². The van der Waals surface area contributed by atoms with Gasteiger partial charge in [-0.25, -0.2) is 0 Å². The van der Waals surface area contributed by atoms with Gasteiger partial charge in [-0.2, -0.15) is 0 Å². The Labute approximate surface area is 105 Å². The van der Waals surface area contributed by atoms with Gasteiger partial charge in [-0.3, -0.25) is 4.79 Å². The van der Waals surface area contributed by atoms with Crippen LogP contribution in [0.25, 0.3) is 10.8 Å². The average Bonchev–Trinajstić information content (AvgIpc) is 2.38. The second kappa shape index (κ2) is 5.31. The molecule has 18 heavy (non-hydrogen) atoms. The maximum Gasteiger partial charge on any atom is 0.249 e. The second-order valence-corrected chi connectivity index (χ2v) is 3.86. The molecule has 2 aromatic carbocycles. The summed E-state index contributed by atoms with van der Waals surface area (Å²) in [5.74, 6) is -0.424. The Balaban J connectivity index is 2.56. The van der Waals surface area contributed by atoms with Gasteiger partial charge in [0, 0.05) is 12.6 Å². The van der Waals surface area contributed by atoms with E-state index in [0.717, 1.165) is 16.3 Å². The van der Waals surface area contributed by atoms with Crippen molar-refractivity contribution in [3.8, 4) is 0 Å². The quantitative estimate of drug-likeness (QED) is 0.659. The molecule has 1 amide bonds. The molecule has 0 aliphatic carbocycles. The van der Waals surface area contributed by atoms with Gasteiger partial charge in [0.05, 0.1) is 5.56 Å². The van der Waals surface area contributed by atoms with Gasteiger partial charge < -0.3 is 10.6 Å². The minimum absolute atomic E-state index is 0.424. The Morgan fingerprint density at radius 2 is 2.11 bits per heavy atom. The first-order valence-corrected chi connectivity index (χ1v) is 5.59. The van der Waals surface area contributed by atoms with Gasteiger partial charge in [0.25, 0.3) is 0 Å². The van der Waals surface area contributed by atoms with Crippen molar-refractivity contribution in [1.82, 2.24) is 0 Å². The fraction of sp³-hybridized carbons (Fsp3) is 0.143. The highest BCUT2D eigenvalue weighted by molar-refractivity contribution is 6.08. The Hall–Kier alpha value is -2.36. The summed E-state index contributed by atoms with van der Waals surface area (Å²) in [7, 11) is 1.48. The summed E-state index contributed by atoms with van der Waals surface area (Å²) in [6.07, 6.45) is 2.12. The molecule has 0 heterocycles. The number of carbonyl (C=O) groups excluding carboxylic acids is 1. The predicted octanol–water partition coefficient (Wildman–Crippen LogP) is 2.11. The van der Waals surface area contributed by atoms with Crippen molar-refractivity contribution in [3.63, 3.8) is 0 Å². The molecule has 0 radical (unpaired) electrons. The molecule has 0 aliphatic rings. The summed E-state index contributed by atoms with van der Waals surface area (Å²) in [6.45, 7) is 0. The van der Waals surface area contributed by atoms with E-state index in [-0.39, 0.29) is 0 Å². The topological polar surface area (TPSA) is 64.7 Å². The Morgan fingerprint density at radius 3 is 2.83 bits per heavy atom. The first-order chi connectivity index (χ1) is 8.74. The number of amides is 1. The van der Waals surface area contributed by atoms with Crippen molar-refractivity contribution in [2.45, 2.75) is 6.42 Å². The number of carbonyl (C=O) groups is 1. The maximum atomic E-state index is 11.6. The van der Waals surface area contributed by atoms with Gasteiger partial charge >= 0.3 is 0 Å². The third-order valence-corrected chi connectivity index (χ3v) is 2.75. The van der Waals surface area contributed by atoms with E-state index in [9.17, 15) is 4.79 Å². The van der Waals surface area contributed by atoms with Gasteiger partial charge in [-0.1, -0.05) is 41.6 Å². The Morgan fingerprint density at radius 1 is 1.33 bits per heavy atom. The maximum absolute atomic E-state index is 11.6. The zero-order valence-electron chi connectivity index (χ0n) is 10.1. The normalized spacial score (nSPS) is 10.9. The zero-order chi connectivity index (χ0) is 13.0. The number of rotatable bonds is 4. The van der Waals surface area contributed by atoms with E-state index in [1.54, 1.807) is 6.21 Å². The highest BCUT2D eigenvalue weighted by Crippen LogP contribution is 2.22. The van der Waals surface area contributed by atoms with E-state index < -0.39 is 5.91 Å². The molecule has 0 aliphatic heterocycles. The molecule has 0 bridgehead atoms. The molecule has 0 saturated heterocycles. The van der Waals surface area contributed by atoms with Gasteiger partial charge in [-0.05, 0) is 16.3 Å². The molecule has 0 spiro atoms. The van der Waals surface area contributed by atoms with Crippen LogP contribution in [-0.2, 0) is 11.3 Å². The second-order valence-electron chi connectivity index (χ2n) is 3.86. The van der Waals surface area contributed by atoms with Crippen molar-refractivity contribution < 1.29 is 9.63 Å². The third kappa shape index (κ3) is 2.32. The van der Waals surface area contributed by atoms with Crippen LogP contribution in [0.1, 0.15) is 15.9 Å². The summed E-state index contributed by atoms with van der Waals surface area (Å²) < 4.78 is 0. The lowest BCUT2D eigenvalue weighted by molar-refractivity contribution is 0.100. The highest BCUT2D eigenvalue weighted by Gasteiger charge is 2.11. The number of fused-ring (bicyclic) bond motifs is 1. The third-order valence-electron chi connectivity index (χ3n) is 2.75. The summed E-state index contributed by atoms with van der Waals surface area (Å²) in [5.41, 5.74) is 6.87. The number of nitrogens with zero attached hydrogens (tertiary/aromatic N) is 1. The average molecular weight is 242 g/mol. The van der Waals surface area contributed by atoms with E-state index in [0.29, 0.717) is 12.0 Å². The first-order valence-electron chi connectivity index (χ1n) is 5.59. The van der Waals surface area contributed by atoms with Gasteiger partial charge in [0.15, 0.2) is 0 Å². The number of benzene rings is 2.